The highest BCUT2D eigenvalue weighted by Gasteiger charge is 2.40. The summed E-state index contributed by atoms with van der Waals surface area (Å²) in [5.74, 6) is -0.118. The normalized spacial score (nSPS) is 26.1. The summed E-state index contributed by atoms with van der Waals surface area (Å²) in [7, 11) is 1.83. The summed E-state index contributed by atoms with van der Waals surface area (Å²) < 4.78 is 7.26. The molecule has 0 spiro atoms. The Labute approximate surface area is 113 Å². The van der Waals surface area contributed by atoms with E-state index in [0.717, 1.165) is 17.8 Å². The van der Waals surface area contributed by atoms with Gasteiger partial charge in [0.1, 0.15) is 0 Å². The second-order valence-electron chi connectivity index (χ2n) is 5.06. The first-order valence-electron chi connectivity index (χ1n) is 6.64. The number of hydrogen-bond donors (Lipinski definition) is 2. The molecule has 0 bridgehead atoms. The summed E-state index contributed by atoms with van der Waals surface area (Å²) in [4.78, 5) is 12.3. The predicted octanol–water partition coefficient (Wildman–Crippen LogP) is 0.271. The Morgan fingerprint density at radius 1 is 1.58 bits per heavy atom. The first-order chi connectivity index (χ1) is 8.95. The number of carbonyl (C=O) groups excluding carboxylic acids is 1. The molecule has 1 fully saturated rings. The van der Waals surface area contributed by atoms with E-state index < -0.39 is 0 Å². The van der Waals surface area contributed by atoms with Gasteiger partial charge in [0.15, 0.2) is 0 Å². The van der Waals surface area contributed by atoms with E-state index in [-0.39, 0.29) is 24.1 Å². The van der Waals surface area contributed by atoms with E-state index >= 15 is 0 Å². The van der Waals surface area contributed by atoms with Gasteiger partial charge in [-0.1, -0.05) is 0 Å². The van der Waals surface area contributed by atoms with Gasteiger partial charge in [-0.05, 0) is 27.2 Å². The van der Waals surface area contributed by atoms with Crippen molar-refractivity contribution in [1.82, 2.24) is 15.1 Å². The lowest BCUT2D eigenvalue weighted by atomic mass is 9.83. The maximum absolute atomic E-state index is 12.3. The molecule has 6 heteroatoms. The molecule has 1 heterocycles. The average Bonchev–Trinajstić information content (AvgIpc) is 2.60. The van der Waals surface area contributed by atoms with Crippen LogP contribution in [0.2, 0.25) is 0 Å². The molecule has 0 aliphatic heterocycles. The van der Waals surface area contributed by atoms with Crippen molar-refractivity contribution in [3.8, 4) is 0 Å². The van der Waals surface area contributed by atoms with Crippen molar-refractivity contribution in [2.75, 3.05) is 6.61 Å². The topological polar surface area (TPSA) is 82.2 Å². The molecular formula is C13H22N4O2. The van der Waals surface area contributed by atoms with E-state index in [4.69, 9.17) is 10.5 Å². The summed E-state index contributed by atoms with van der Waals surface area (Å²) >= 11 is 0. The maximum atomic E-state index is 12.3. The Bertz CT molecular complexity index is 481. The zero-order valence-corrected chi connectivity index (χ0v) is 11.9. The fraction of sp³-hybridized carbons (Fsp3) is 0.692. The molecule has 3 unspecified atom stereocenters. The van der Waals surface area contributed by atoms with Crippen LogP contribution < -0.4 is 11.1 Å². The van der Waals surface area contributed by atoms with Crippen molar-refractivity contribution in [1.29, 1.82) is 0 Å². The molecule has 1 aromatic rings. The molecule has 2 rings (SSSR count). The van der Waals surface area contributed by atoms with Gasteiger partial charge in [0.2, 0.25) is 0 Å². The number of rotatable bonds is 4. The van der Waals surface area contributed by atoms with Gasteiger partial charge in [0.25, 0.3) is 5.91 Å². The summed E-state index contributed by atoms with van der Waals surface area (Å²) in [5, 5.41) is 7.22. The number of aromatic nitrogens is 2. The van der Waals surface area contributed by atoms with Crippen LogP contribution in [0.5, 0.6) is 0 Å². The van der Waals surface area contributed by atoms with E-state index in [2.05, 4.69) is 10.4 Å². The van der Waals surface area contributed by atoms with E-state index in [9.17, 15) is 4.79 Å². The first kappa shape index (κ1) is 14.0. The van der Waals surface area contributed by atoms with Gasteiger partial charge in [0.05, 0.1) is 23.4 Å². The van der Waals surface area contributed by atoms with Crippen LogP contribution >= 0.6 is 0 Å². The highest BCUT2D eigenvalue weighted by molar-refractivity contribution is 5.96. The van der Waals surface area contributed by atoms with Crippen LogP contribution in [0.15, 0.2) is 0 Å². The minimum atomic E-state index is -0.118. The fourth-order valence-corrected chi connectivity index (χ4v) is 2.55. The van der Waals surface area contributed by atoms with Gasteiger partial charge < -0.3 is 15.8 Å². The van der Waals surface area contributed by atoms with Crippen LogP contribution in [0.4, 0.5) is 0 Å². The quantitative estimate of drug-likeness (QED) is 0.819. The van der Waals surface area contributed by atoms with E-state index in [1.54, 1.807) is 4.68 Å². The number of nitrogens with zero attached hydrogens (tertiary/aromatic N) is 2. The van der Waals surface area contributed by atoms with Crippen molar-refractivity contribution >= 4 is 5.91 Å². The zero-order chi connectivity index (χ0) is 14.2. The standard InChI is InChI=1S/C13H22N4O2/c1-5-19-10-6-9(14)12(10)15-13(18)11-7(2)16-17(4)8(11)3/h9-10,12H,5-6,14H2,1-4H3,(H,15,18). The molecule has 1 saturated carbocycles. The van der Waals surface area contributed by atoms with Gasteiger partial charge in [-0.2, -0.15) is 5.10 Å². The lowest BCUT2D eigenvalue weighted by Gasteiger charge is -2.42. The van der Waals surface area contributed by atoms with E-state index in [1.807, 2.05) is 27.8 Å². The number of aryl methyl sites for hydroxylation is 2. The summed E-state index contributed by atoms with van der Waals surface area (Å²) in [6, 6.07) is -0.135. The second kappa shape index (κ2) is 5.30. The van der Waals surface area contributed by atoms with Crippen LogP contribution in [0.1, 0.15) is 35.1 Å². The third kappa shape index (κ3) is 2.50. The Balaban J connectivity index is 2.08. The highest BCUT2D eigenvalue weighted by Crippen LogP contribution is 2.23. The summed E-state index contributed by atoms with van der Waals surface area (Å²) in [5.41, 5.74) is 8.16. The van der Waals surface area contributed by atoms with Crippen molar-refractivity contribution in [3.05, 3.63) is 17.0 Å². The number of hydrogen-bond acceptors (Lipinski definition) is 4. The minimum absolute atomic E-state index is 0.0289. The highest BCUT2D eigenvalue weighted by atomic mass is 16.5. The molecule has 0 saturated heterocycles. The van der Waals surface area contributed by atoms with Gasteiger partial charge >= 0.3 is 0 Å². The third-order valence-electron chi connectivity index (χ3n) is 3.78. The Morgan fingerprint density at radius 2 is 2.26 bits per heavy atom. The number of carbonyl (C=O) groups is 1. The molecule has 0 radical (unpaired) electrons. The number of nitrogens with two attached hydrogens (primary N) is 1. The minimum Gasteiger partial charge on any atom is -0.376 e. The molecule has 3 atom stereocenters. The van der Waals surface area contributed by atoms with Crippen molar-refractivity contribution in [2.45, 2.75) is 45.4 Å². The number of ether oxygens (including phenoxy) is 1. The molecule has 0 aromatic carbocycles. The van der Waals surface area contributed by atoms with Crippen molar-refractivity contribution < 1.29 is 9.53 Å². The molecular weight excluding hydrogens is 244 g/mol. The molecule has 3 N–H and O–H groups in total. The monoisotopic (exact) mass is 266 g/mol. The largest absolute Gasteiger partial charge is 0.376 e. The maximum Gasteiger partial charge on any atom is 0.255 e. The van der Waals surface area contributed by atoms with Crippen LogP contribution in [0, 0.1) is 13.8 Å². The van der Waals surface area contributed by atoms with E-state index in [0.29, 0.717) is 12.2 Å². The molecule has 106 valence electrons. The van der Waals surface area contributed by atoms with Crippen LogP contribution in [-0.4, -0.2) is 40.5 Å². The third-order valence-corrected chi connectivity index (χ3v) is 3.78. The number of nitrogens with one attached hydrogen (secondary N) is 1. The van der Waals surface area contributed by atoms with Gasteiger partial charge in [-0.3, -0.25) is 9.48 Å². The molecule has 1 aliphatic rings. The van der Waals surface area contributed by atoms with Crippen molar-refractivity contribution in [2.24, 2.45) is 12.8 Å². The zero-order valence-electron chi connectivity index (χ0n) is 11.9. The van der Waals surface area contributed by atoms with Crippen LogP contribution in [-0.2, 0) is 11.8 Å². The lowest BCUT2D eigenvalue weighted by molar-refractivity contribution is -0.0300. The number of amides is 1. The van der Waals surface area contributed by atoms with E-state index in [1.165, 1.54) is 0 Å². The van der Waals surface area contributed by atoms with Gasteiger partial charge in [0, 0.05) is 25.4 Å². The summed E-state index contributed by atoms with van der Waals surface area (Å²) in [6.07, 6.45) is 0.824. The second-order valence-corrected chi connectivity index (χ2v) is 5.06. The first-order valence-corrected chi connectivity index (χ1v) is 6.64. The van der Waals surface area contributed by atoms with Crippen molar-refractivity contribution in [3.63, 3.8) is 0 Å². The predicted molar refractivity (Wildman–Crippen MR) is 71.9 cm³/mol. The molecule has 1 aromatic heterocycles. The molecule has 19 heavy (non-hydrogen) atoms. The molecule has 6 nitrogen and oxygen atoms in total. The van der Waals surface area contributed by atoms with Gasteiger partial charge in [-0.25, -0.2) is 0 Å². The SMILES string of the molecule is CCOC1CC(N)C1NC(=O)c1c(C)nn(C)c1C. The Kier molecular flexibility index (Phi) is 3.91. The fourth-order valence-electron chi connectivity index (χ4n) is 2.55. The Morgan fingerprint density at radius 3 is 2.74 bits per heavy atom. The Hall–Kier alpha value is -1.40. The van der Waals surface area contributed by atoms with Crippen LogP contribution in [0.3, 0.4) is 0 Å². The smallest absolute Gasteiger partial charge is 0.255 e. The molecule has 1 amide bonds. The van der Waals surface area contributed by atoms with Crippen LogP contribution in [0.25, 0.3) is 0 Å². The average molecular weight is 266 g/mol. The van der Waals surface area contributed by atoms with Gasteiger partial charge in [-0.15, -0.1) is 0 Å². The lowest BCUT2D eigenvalue weighted by Crippen LogP contribution is -2.64. The molecule has 1 aliphatic carbocycles. The summed E-state index contributed by atoms with van der Waals surface area (Å²) in [6.45, 7) is 6.30.